The molecule has 0 fully saturated rings. The number of nitro groups is 1. The average Bonchev–Trinajstić information content (AvgIpc) is 3.14. The van der Waals surface area contributed by atoms with Crippen LogP contribution in [0, 0.1) is 10.1 Å². The van der Waals surface area contributed by atoms with Crippen LogP contribution in [-0.2, 0) is 9.53 Å². The molecule has 0 saturated carbocycles. The van der Waals surface area contributed by atoms with Crippen LogP contribution in [0.15, 0.2) is 63.9 Å². The van der Waals surface area contributed by atoms with Crippen molar-refractivity contribution in [3.8, 4) is 5.75 Å². The number of methoxy groups -OCH3 is 1. The van der Waals surface area contributed by atoms with Gasteiger partial charge in [0.05, 0.1) is 28.7 Å². The molecule has 1 aliphatic heterocycles. The van der Waals surface area contributed by atoms with Gasteiger partial charge in [0.1, 0.15) is 11.8 Å². The normalized spacial score (nSPS) is 15.5. The van der Waals surface area contributed by atoms with E-state index in [0.29, 0.717) is 31.9 Å². The van der Waals surface area contributed by atoms with E-state index in [1.54, 1.807) is 51.3 Å². The zero-order valence-corrected chi connectivity index (χ0v) is 19.5. The number of fused-ring (bicyclic) bond motifs is 1. The lowest BCUT2D eigenvalue weighted by Gasteiger charge is -2.22. The van der Waals surface area contributed by atoms with Crippen molar-refractivity contribution in [3.63, 3.8) is 0 Å². The average molecular weight is 480 g/mol. The summed E-state index contributed by atoms with van der Waals surface area (Å²) in [7, 11) is 1.57. The number of nitrogens with zero attached hydrogens (tertiary/aromatic N) is 3. The molecule has 2 heterocycles. The number of carbonyl (C=O) groups excluding carboxylic acids is 1. The largest absolute Gasteiger partial charge is 0.497 e. The van der Waals surface area contributed by atoms with Crippen LogP contribution in [0.4, 0.5) is 5.69 Å². The van der Waals surface area contributed by atoms with E-state index in [-0.39, 0.29) is 17.9 Å². The summed E-state index contributed by atoms with van der Waals surface area (Å²) in [4.78, 5) is 41.7. The third-order valence-corrected chi connectivity index (χ3v) is 6.36. The molecule has 0 aliphatic carbocycles. The van der Waals surface area contributed by atoms with Gasteiger partial charge in [-0.15, -0.1) is 0 Å². The number of allylic oxidation sites excluding steroid dienone is 1. The fourth-order valence-electron chi connectivity index (χ4n) is 3.69. The van der Waals surface area contributed by atoms with E-state index in [2.05, 4.69) is 0 Å². The number of hydrogen-bond donors (Lipinski definition) is 0. The van der Waals surface area contributed by atoms with Gasteiger partial charge in [-0.2, -0.15) is 0 Å². The molecule has 0 radical (unpaired) electrons. The Balaban J connectivity index is 1.88. The maximum atomic E-state index is 13.2. The second-order valence-corrected chi connectivity index (χ2v) is 8.42. The Labute approximate surface area is 198 Å². The van der Waals surface area contributed by atoms with E-state index in [4.69, 9.17) is 14.5 Å². The summed E-state index contributed by atoms with van der Waals surface area (Å²) in [5.74, 6) is 0.139. The summed E-state index contributed by atoms with van der Waals surface area (Å²) < 4.78 is 12.3. The first kappa shape index (κ1) is 23.1. The molecule has 0 bridgehead atoms. The lowest BCUT2D eigenvalue weighted by molar-refractivity contribution is -0.384. The van der Waals surface area contributed by atoms with Gasteiger partial charge >= 0.3 is 5.97 Å². The summed E-state index contributed by atoms with van der Waals surface area (Å²) >= 11 is 1.19. The Bertz CT molecular complexity index is 1470. The highest BCUT2D eigenvalue weighted by Gasteiger charge is 2.31. The minimum absolute atomic E-state index is 0.0328. The number of ether oxygens (including phenoxy) is 2. The number of esters is 1. The van der Waals surface area contributed by atoms with E-state index in [1.165, 1.54) is 28.0 Å². The van der Waals surface area contributed by atoms with Crippen LogP contribution < -0.4 is 19.6 Å². The van der Waals surface area contributed by atoms with Gasteiger partial charge in [-0.1, -0.05) is 23.5 Å². The second kappa shape index (κ2) is 9.44. The quantitative estimate of drug-likeness (QED) is 0.305. The molecule has 0 spiro atoms. The maximum absolute atomic E-state index is 13.2. The highest BCUT2D eigenvalue weighted by Crippen LogP contribution is 2.33. The molecule has 1 aliphatic rings. The third-order valence-electron chi connectivity index (χ3n) is 5.37. The fraction of sp³-hybridized carbons (Fsp3) is 0.208. The van der Waals surface area contributed by atoms with Crippen molar-refractivity contribution >= 4 is 34.8 Å². The smallest absolute Gasteiger partial charge is 0.338 e. The van der Waals surface area contributed by atoms with Crippen LogP contribution in [0.25, 0.3) is 11.8 Å². The summed E-state index contributed by atoms with van der Waals surface area (Å²) in [6, 6.07) is 12.5. The van der Waals surface area contributed by atoms with Crippen molar-refractivity contribution in [2.24, 2.45) is 4.99 Å². The van der Waals surface area contributed by atoms with Crippen LogP contribution in [0.2, 0.25) is 0 Å². The first-order valence-electron chi connectivity index (χ1n) is 10.4. The van der Waals surface area contributed by atoms with Crippen molar-refractivity contribution in [3.05, 3.63) is 95.0 Å². The Morgan fingerprint density at radius 1 is 1.21 bits per heavy atom. The predicted molar refractivity (Wildman–Crippen MR) is 127 cm³/mol. The molecule has 34 heavy (non-hydrogen) atoms. The van der Waals surface area contributed by atoms with Gasteiger partial charge in [0, 0.05) is 17.8 Å². The number of nitro benzene ring substituents is 1. The van der Waals surface area contributed by atoms with Crippen molar-refractivity contribution in [1.82, 2.24) is 4.57 Å². The highest BCUT2D eigenvalue weighted by molar-refractivity contribution is 7.07. The van der Waals surface area contributed by atoms with Gasteiger partial charge in [-0.3, -0.25) is 19.5 Å². The molecule has 4 rings (SSSR count). The predicted octanol–water partition coefficient (Wildman–Crippen LogP) is 2.82. The van der Waals surface area contributed by atoms with E-state index >= 15 is 0 Å². The molecule has 3 aromatic rings. The number of non-ortho nitro benzene ring substituents is 1. The van der Waals surface area contributed by atoms with Crippen LogP contribution in [0.1, 0.15) is 31.0 Å². The van der Waals surface area contributed by atoms with Crippen molar-refractivity contribution < 1.29 is 19.2 Å². The van der Waals surface area contributed by atoms with Crippen molar-refractivity contribution in [1.29, 1.82) is 0 Å². The first-order chi connectivity index (χ1) is 16.3. The number of hydrogen-bond acceptors (Lipinski definition) is 8. The van der Waals surface area contributed by atoms with Crippen LogP contribution >= 0.6 is 11.3 Å². The number of aromatic nitrogens is 1. The maximum Gasteiger partial charge on any atom is 0.338 e. The molecule has 2 aromatic carbocycles. The fourth-order valence-corrected chi connectivity index (χ4v) is 4.73. The third kappa shape index (κ3) is 4.27. The lowest BCUT2D eigenvalue weighted by Crippen LogP contribution is -2.35. The highest BCUT2D eigenvalue weighted by atomic mass is 32.1. The molecule has 1 aromatic heterocycles. The van der Waals surface area contributed by atoms with Gasteiger partial charge in [0.2, 0.25) is 0 Å². The number of carbonyl (C=O) groups is 1. The Morgan fingerprint density at radius 2 is 1.88 bits per heavy atom. The van der Waals surface area contributed by atoms with Gasteiger partial charge in [-0.05, 0) is 55.3 Å². The standard InChI is InChI=1S/C24H21N3O6S/c1-4-33-23(29)20-14(2)26-22(28)19(13-15-5-9-17(10-6-15)27(30)31)34-24(26)25-21(20)16-7-11-18(32-3)12-8-16/h5-13,21H,4H2,1-3H3/b19-13-/t21-/m0/s1. The number of rotatable bonds is 6. The van der Waals surface area contributed by atoms with Crippen LogP contribution in [-0.4, -0.2) is 29.2 Å². The van der Waals surface area contributed by atoms with Gasteiger partial charge < -0.3 is 9.47 Å². The summed E-state index contributed by atoms with van der Waals surface area (Å²) in [6.07, 6.45) is 1.65. The van der Waals surface area contributed by atoms with Crippen molar-refractivity contribution in [2.45, 2.75) is 19.9 Å². The summed E-state index contributed by atoms with van der Waals surface area (Å²) in [5.41, 5.74) is 1.79. The van der Waals surface area contributed by atoms with Gasteiger partial charge in [0.25, 0.3) is 11.2 Å². The molecule has 9 nitrogen and oxygen atoms in total. The molecule has 0 N–H and O–H groups in total. The Kier molecular flexibility index (Phi) is 6.42. The second-order valence-electron chi connectivity index (χ2n) is 7.41. The lowest BCUT2D eigenvalue weighted by atomic mass is 9.96. The molecule has 0 amide bonds. The van der Waals surface area contributed by atoms with Crippen LogP contribution in [0.5, 0.6) is 5.75 Å². The molecule has 1 atom stereocenters. The number of thiazole rings is 1. The zero-order valence-electron chi connectivity index (χ0n) is 18.7. The Morgan fingerprint density at radius 3 is 2.47 bits per heavy atom. The van der Waals surface area contributed by atoms with Crippen LogP contribution in [0.3, 0.4) is 0 Å². The Hall–Kier alpha value is -4.05. The summed E-state index contributed by atoms with van der Waals surface area (Å²) in [5, 5.41) is 10.9. The topological polar surface area (TPSA) is 113 Å². The van der Waals surface area contributed by atoms with E-state index in [0.717, 1.165) is 5.56 Å². The van der Waals surface area contributed by atoms with Gasteiger partial charge in [-0.25, -0.2) is 9.79 Å². The SMILES string of the molecule is CCOC(=O)C1=C(C)n2c(s/c(=C\c3ccc([N+](=O)[O-])cc3)c2=O)=N[C@H]1c1ccc(OC)cc1. The molecule has 0 unspecified atom stereocenters. The minimum Gasteiger partial charge on any atom is -0.497 e. The zero-order chi connectivity index (χ0) is 24.4. The minimum atomic E-state index is -0.643. The first-order valence-corrected chi connectivity index (χ1v) is 11.2. The van der Waals surface area contributed by atoms with Gasteiger partial charge in [0.15, 0.2) is 4.80 Å². The number of benzene rings is 2. The molecule has 174 valence electrons. The monoisotopic (exact) mass is 479 g/mol. The molecule has 0 saturated heterocycles. The molecule has 10 heteroatoms. The van der Waals surface area contributed by atoms with E-state index < -0.39 is 16.9 Å². The summed E-state index contributed by atoms with van der Waals surface area (Å²) in [6.45, 7) is 3.61. The van der Waals surface area contributed by atoms with Crippen molar-refractivity contribution in [2.75, 3.05) is 13.7 Å². The van der Waals surface area contributed by atoms with E-state index in [9.17, 15) is 19.7 Å². The van der Waals surface area contributed by atoms with E-state index in [1.807, 2.05) is 12.1 Å². The molecular formula is C24H21N3O6S. The molecular weight excluding hydrogens is 458 g/mol.